The van der Waals surface area contributed by atoms with E-state index in [1.807, 2.05) is 67.0 Å². The van der Waals surface area contributed by atoms with Crippen molar-refractivity contribution in [3.05, 3.63) is 76.7 Å². The standard InChI is InChI=1S/C23H23N5O2S/c1-28(2)21-10-9-16(14-25-21)26-22(29)19(27-23(30)20-8-5-11-31-20)12-15-13-24-18-7-4-3-6-17(15)18/h3-11,13-14,19,24H,12H2,1-2H3,(H,26,29)(H,27,30). The molecule has 1 atom stereocenters. The minimum atomic E-state index is -0.748. The summed E-state index contributed by atoms with van der Waals surface area (Å²) in [5.74, 6) is 0.227. The molecule has 158 valence electrons. The number of fused-ring (bicyclic) bond motifs is 1. The minimum Gasteiger partial charge on any atom is -0.363 e. The number of anilines is 2. The normalized spacial score (nSPS) is 11.8. The van der Waals surface area contributed by atoms with E-state index in [1.165, 1.54) is 11.3 Å². The average molecular weight is 434 g/mol. The second-order valence-electron chi connectivity index (χ2n) is 7.36. The highest BCUT2D eigenvalue weighted by Gasteiger charge is 2.24. The predicted molar refractivity (Wildman–Crippen MR) is 125 cm³/mol. The summed E-state index contributed by atoms with van der Waals surface area (Å²) in [6, 6.07) is 14.3. The van der Waals surface area contributed by atoms with Crippen LogP contribution in [0.4, 0.5) is 11.5 Å². The van der Waals surface area contributed by atoms with Crippen LogP contribution in [0.25, 0.3) is 10.9 Å². The topological polar surface area (TPSA) is 90.1 Å². The zero-order chi connectivity index (χ0) is 21.8. The maximum Gasteiger partial charge on any atom is 0.262 e. The number of carbonyl (C=O) groups is 2. The molecule has 3 aromatic heterocycles. The van der Waals surface area contributed by atoms with E-state index in [2.05, 4.69) is 20.6 Å². The number of aromatic amines is 1. The fourth-order valence-corrected chi connectivity index (χ4v) is 3.95. The highest BCUT2D eigenvalue weighted by atomic mass is 32.1. The van der Waals surface area contributed by atoms with E-state index in [0.717, 1.165) is 22.3 Å². The number of nitrogens with one attached hydrogen (secondary N) is 3. The van der Waals surface area contributed by atoms with Crippen LogP contribution in [0.15, 0.2) is 66.3 Å². The third kappa shape index (κ3) is 4.75. The highest BCUT2D eigenvalue weighted by Crippen LogP contribution is 2.20. The highest BCUT2D eigenvalue weighted by molar-refractivity contribution is 7.12. The molecule has 0 radical (unpaired) electrons. The summed E-state index contributed by atoms with van der Waals surface area (Å²) >= 11 is 1.34. The second kappa shape index (κ2) is 9.01. The Morgan fingerprint density at radius 3 is 2.68 bits per heavy atom. The second-order valence-corrected chi connectivity index (χ2v) is 8.30. The monoisotopic (exact) mass is 433 g/mol. The molecular weight excluding hydrogens is 410 g/mol. The van der Waals surface area contributed by atoms with Gasteiger partial charge in [0.2, 0.25) is 5.91 Å². The summed E-state index contributed by atoms with van der Waals surface area (Å²) in [6.45, 7) is 0. The van der Waals surface area contributed by atoms with Crippen molar-refractivity contribution in [2.75, 3.05) is 24.3 Å². The molecule has 0 spiro atoms. The quantitative estimate of drug-likeness (QED) is 0.415. The van der Waals surface area contributed by atoms with E-state index >= 15 is 0 Å². The van der Waals surface area contributed by atoms with Gasteiger partial charge in [0.25, 0.3) is 5.91 Å². The summed E-state index contributed by atoms with van der Waals surface area (Å²) in [4.78, 5) is 35.8. The van der Waals surface area contributed by atoms with Gasteiger partial charge in [-0.3, -0.25) is 9.59 Å². The molecule has 0 aliphatic heterocycles. The van der Waals surface area contributed by atoms with Gasteiger partial charge in [0, 0.05) is 37.6 Å². The number of benzene rings is 1. The van der Waals surface area contributed by atoms with Crippen LogP contribution in [-0.2, 0) is 11.2 Å². The Morgan fingerprint density at radius 1 is 1.13 bits per heavy atom. The lowest BCUT2D eigenvalue weighted by Crippen LogP contribution is -2.45. The fourth-order valence-electron chi connectivity index (χ4n) is 3.32. The number of H-pyrrole nitrogens is 1. The molecule has 8 heteroatoms. The van der Waals surface area contributed by atoms with Crippen molar-refractivity contribution in [3.8, 4) is 0 Å². The number of thiophene rings is 1. The summed E-state index contributed by atoms with van der Waals surface area (Å²) in [7, 11) is 3.80. The number of carbonyl (C=O) groups excluding carboxylic acids is 2. The van der Waals surface area contributed by atoms with Gasteiger partial charge in [-0.2, -0.15) is 0 Å². The largest absolute Gasteiger partial charge is 0.363 e. The molecule has 3 heterocycles. The van der Waals surface area contributed by atoms with Crippen molar-refractivity contribution in [3.63, 3.8) is 0 Å². The van der Waals surface area contributed by atoms with Crippen molar-refractivity contribution in [2.45, 2.75) is 12.5 Å². The van der Waals surface area contributed by atoms with Crippen LogP contribution >= 0.6 is 11.3 Å². The van der Waals surface area contributed by atoms with E-state index in [0.29, 0.717) is 17.0 Å². The number of pyridine rings is 1. The summed E-state index contributed by atoms with van der Waals surface area (Å²) in [5, 5.41) is 8.63. The number of rotatable bonds is 7. The molecule has 2 amide bonds. The molecule has 0 fully saturated rings. The number of aromatic nitrogens is 2. The summed E-state index contributed by atoms with van der Waals surface area (Å²) < 4.78 is 0. The average Bonchev–Trinajstić information content (AvgIpc) is 3.44. The molecule has 1 unspecified atom stereocenters. The first kappa shape index (κ1) is 20.6. The Balaban J connectivity index is 1.56. The molecule has 0 saturated carbocycles. The molecule has 0 saturated heterocycles. The van der Waals surface area contributed by atoms with Crippen molar-refractivity contribution in [1.29, 1.82) is 0 Å². The maximum atomic E-state index is 13.1. The Bertz CT molecular complexity index is 1180. The molecule has 4 aromatic rings. The van der Waals surface area contributed by atoms with Gasteiger partial charge in [-0.1, -0.05) is 24.3 Å². The molecule has 31 heavy (non-hydrogen) atoms. The lowest BCUT2D eigenvalue weighted by Gasteiger charge is -2.18. The molecule has 0 bridgehead atoms. The van der Waals surface area contributed by atoms with Gasteiger partial charge >= 0.3 is 0 Å². The molecule has 0 aliphatic carbocycles. The Morgan fingerprint density at radius 2 is 1.97 bits per heavy atom. The minimum absolute atomic E-state index is 0.268. The number of nitrogens with zero attached hydrogens (tertiary/aromatic N) is 2. The van der Waals surface area contributed by atoms with Gasteiger partial charge in [-0.05, 0) is 35.2 Å². The van der Waals surface area contributed by atoms with Gasteiger partial charge in [-0.15, -0.1) is 11.3 Å². The molecule has 7 nitrogen and oxygen atoms in total. The molecule has 3 N–H and O–H groups in total. The zero-order valence-electron chi connectivity index (χ0n) is 17.3. The van der Waals surface area contributed by atoms with Crippen LogP contribution in [0.2, 0.25) is 0 Å². The first-order valence-electron chi connectivity index (χ1n) is 9.85. The molecule has 1 aromatic carbocycles. The molecular formula is C23H23N5O2S. The summed E-state index contributed by atoms with van der Waals surface area (Å²) in [6.07, 6.45) is 3.85. The molecule has 0 aliphatic rings. The summed E-state index contributed by atoms with van der Waals surface area (Å²) in [5.41, 5.74) is 2.53. The number of hydrogen-bond acceptors (Lipinski definition) is 5. The van der Waals surface area contributed by atoms with Gasteiger partial charge in [0.15, 0.2) is 0 Å². The van der Waals surface area contributed by atoms with Crippen LogP contribution < -0.4 is 15.5 Å². The third-order valence-corrected chi connectivity index (χ3v) is 5.81. The van der Waals surface area contributed by atoms with E-state index in [-0.39, 0.29) is 11.8 Å². The van der Waals surface area contributed by atoms with Crippen molar-refractivity contribution < 1.29 is 9.59 Å². The van der Waals surface area contributed by atoms with Gasteiger partial charge < -0.3 is 20.5 Å². The van der Waals surface area contributed by atoms with Crippen LogP contribution in [0, 0.1) is 0 Å². The fraction of sp³-hybridized carbons (Fsp3) is 0.174. The number of hydrogen-bond donors (Lipinski definition) is 3. The van der Waals surface area contributed by atoms with Gasteiger partial charge in [0.1, 0.15) is 11.9 Å². The van der Waals surface area contributed by atoms with Crippen molar-refractivity contribution in [1.82, 2.24) is 15.3 Å². The third-order valence-electron chi connectivity index (χ3n) is 4.94. The molecule has 4 rings (SSSR count). The van der Waals surface area contributed by atoms with E-state index in [1.54, 1.807) is 18.3 Å². The number of para-hydroxylation sites is 1. The first-order valence-corrected chi connectivity index (χ1v) is 10.7. The van der Waals surface area contributed by atoms with Crippen LogP contribution in [0.1, 0.15) is 15.2 Å². The van der Waals surface area contributed by atoms with Gasteiger partial charge in [-0.25, -0.2) is 4.98 Å². The lowest BCUT2D eigenvalue weighted by atomic mass is 10.0. The zero-order valence-corrected chi connectivity index (χ0v) is 18.1. The van der Waals surface area contributed by atoms with E-state index < -0.39 is 6.04 Å². The van der Waals surface area contributed by atoms with Crippen molar-refractivity contribution in [2.24, 2.45) is 0 Å². The smallest absolute Gasteiger partial charge is 0.262 e. The van der Waals surface area contributed by atoms with Crippen LogP contribution in [-0.4, -0.2) is 41.9 Å². The number of amides is 2. The van der Waals surface area contributed by atoms with Gasteiger partial charge in [0.05, 0.1) is 16.8 Å². The maximum absolute atomic E-state index is 13.1. The van der Waals surface area contributed by atoms with Crippen molar-refractivity contribution >= 4 is 45.6 Å². The Hall–Kier alpha value is -3.65. The van der Waals surface area contributed by atoms with Crippen LogP contribution in [0.5, 0.6) is 0 Å². The lowest BCUT2D eigenvalue weighted by molar-refractivity contribution is -0.118. The predicted octanol–water partition coefficient (Wildman–Crippen LogP) is 3.67. The van der Waals surface area contributed by atoms with E-state index in [9.17, 15) is 9.59 Å². The van der Waals surface area contributed by atoms with Crippen LogP contribution in [0.3, 0.4) is 0 Å². The first-order chi connectivity index (χ1) is 15.0. The van der Waals surface area contributed by atoms with E-state index in [4.69, 9.17) is 0 Å². The Labute approximate surface area is 184 Å². The SMILES string of the molecule is CN(C)c1ccc(NC(=O)C(Cc2c[nH]c3ccccc23)NC(=O)c2cccs2)cn1. The Kier molecular flexibility index (Phi) is 5.99.